The van der Waals surface area contributed by atoms with E-state index >= 15 is 0 Å². The van der Waals surface area contributed by atoms with Gasteiger partial charge in [0.2, 0.25) is 22.7 Å². The van der Waals surface area contributed by atoms with Crippen molar-refractivity contribution in [1.82, 2.24) is 20.4 Å². The minimum atomic E-state index is -0.459. The molecular weight excluding hydrogens is 470 g/mol. The smallest absolute Gasteiger partial charge is 0.286 e. The normalized spacial score (nSPS) is 20.2. The molecule has 2 fully saturated rings. The molecule has 10 nitrogen and oxygen atoms in total. The van der Waals surface area contributed by atoms with Crippen molar-refractivity contribution in [2.24, 2.45) is 5.92 Å². The fourth-order valence-electron chi connectivity index (χ4n) is 4.81. The third-order valence-corrected chi connectivity index (χ3v) is 7.62. The van der Waals surface area contributed by atoms with Crippen LogP contribution in [0.15, 0.2) is 18.2 Å². The first-order valence-electron chi connectivity index (χ1n) is 12.2. The molecule has 3 aliphatic rings. The van der Waals surface area contributed by atoms with Crippen LogP contribution in [0.4, 0.5) is 5.69 Å². The fraction of sp³-hybridized carbons (Fsp3) is 0.542. The molecule has 2 aromatic rings. The Labute approximate surface area is 207 Å². The van der Waals surface area contributed by atoms with Gasteiger partial charge in [-0.25, -0.2) is 0 Å². The van der Waals surface area contributed by atoms with Gasteiger partial charge in [0.25, 0.3) is 11.8 Å². The van der Waals surface area contributed by atoms with Crippen molar-refractivity contribution >= 4 is 34.7 Å². The van der Waals surface area contributed by atoms with Gasteiger partial charge in [-0.3, -0.25) is 14.4 Å². The summed E-state index contributed by atoms with van der Waals surface area (Å²) in [4.78, 5) is 40.2. The average molecular weight is 500 g/mol. The number of nitrogens with zero attached hydrogens (tertiary/aromatic N) is 3. The van der Waals surface area contributed by atoms with Crippen molar-refractivity contribution in [2.45, 2.75) is 57.4 Å². The lowest BCUT2D eigenvalue weighted by atomic mass is 9.96. The first-order valence-corrected chi connectivity index (χ1v) is 13.0. The summed E-state index contributed by atoms with van der Waals surface area (Å²) in [6.45, 7) is 1.06. The highest BCUT2D eigenvalue weighted by molar-refractivity contribution is 7.15. The second-order valence-electron chi connectivity index (χ2n) is 9.22. The third kappa shape index (κ3) is 5.55. The largest absolute Gasteiger partial charge is 0.454 e. The van der Waals surface area contributed by atoms with E-state index in [4.69, 9.17) is 9.47 Å². The van der Waals surface area contributed by atoms with Crippen molar-refractivity contribution in [3.63, 3.8) is 0 Å². The molecule has 0 unspecified atom stereocenters. The molecule has 1 aromatic carbocycles. The summed E-state index contributed by atoms with van der Waals surface area (Å²) >= 11 is 0.946. The first kappa shape index (κ1) is 23.5. The summed E-state index contributed by atoms with van der Waals surface area (Å²) in [5, 5.41) is 14.1. The summed E-state index contributed by atoms with van der Waals surface area (Å²) in [6, 6.07) is 5.32. The highest BCUT2D eigenvalue weighted by Crippen LogP contribution is 2.34. The fourth-order valence-corrected chi connectivity index (χ4v) is 5.52. The zero-order valence-electron chi connectivity index (χ0n) is 19.5. The summed E-state index contributed by atoms with van der Waals surface area (Å²) in [5.41, 5.74) is 0.529. The molecule has 1 saturated carbocycles. The number of anilines is 1. The predicted octanol–water partition coefficient (Wildman–Crippen LogP) is 3.21. The number of rotatable bonds is 5. The van der Waals surface area contributed by atoms with Gasteiger partial charge in [0, 0.05) is 30.9 Å². The molecule has 186 valence electrons. The van der Waals surface area contributed by atoms with Gasteiger partial charge in [-0.05, 0) is 37.8 Å². The topological polar surface area (TPSA) is 123 Å². The van der Waals surface area contributed by atoms with Gasteiger partial charge in [0.1, 0.15) is 0 Å². The van der Waals surface area contributed by atoms with Crippen LogP contribution in [0.25, 0.3) is 0 Å². The molecule has 1 saturated heterocycles. The van der Waals surface area contributed by atoms with E-state index in [2.05, 4.69) is 20.8 Å². The maximum absolute atomic E-state index is 13.1. The van der Waals surface area contributed by atoms with Gasteiger partial charge < -0.3 is 25.0 Å². The zero-order valence-corrected chi connectivity index (χ0v) is 20.3. The van der Waals surface area contributed by atoms with Crippen LogP contribution in [0.5, 0.6) is 11.5 Å². The Balaban J connectivity index is 1.17. The molecule has 0 radical (unpaired) electrons. The Bertz CT molecular complexity index is 1100. The molecule has 1 aromatic heterocycles. The Hall–Kier alpha value is -3.21. The SMILES string of the molecule is O=C(Nc1ccc2c(c1)OCO2)c1nnc(C(=O)N2CCC[C@@H](C(=O)NC3CCCCCC3)C2)s1. The van der Waals surface area contributed by atoms with E-state index < -0.39 is 5.91 Å². The number of carbonyl (C=O) groups is 3. The molecule has 0 bridgehead atoms. The van der Waals surface area contributed by atoms with Crippen LogP contribution in [0, 0.1) is 5.92 Å². The van der Waals surface area contributed by atoms with Crippen molar-refractivity contribution in [3.05, 3.63) is 28.2 Å². The van der Waals surface area contributed by atoms with E-state index in [1.807, 2.05) is 0 Å². The molecule has 5 rings (SSSR count). The van der Waals surface area contributed by atoms with Gasteiger partial charge in [-0.1, -0.05) is 37.0 Å². The van der Waals surface area contributed by atoms with Crippen LogP contribution < -0.4 is 20.1 Å². The van der Waals surface area contributed by atoms with Crippen LogP contribution >= 0.6 is 11.3 Å². The van der Waals surface area contributed by atoms with Crippen molar-refractivity contribution < 1.29 is 23.9 Å². The predicted molar refractivity (Wildman–Crippen MR) is 129 cm³/mol. The van der Waals surface area contributed by atoms with E-state index in [1.54, 1.807) is 23.1 Å². The Morgan fingerprint density at radius 2 is 1.71 bits per heavy atom. The molecule has 1 atom stereocenters. The van der Waals surface area contributed by atoms with Gasteiger partial charge in [-0.15, -0.1) is 10.2 Å². The third-order valence-electron chi connectivity index (χ3n) is 6.71. The van der Waals surface area contributed by atoms with Gasteiger partial charge >= 0.3 is 0 Å². The number of benzene rings is 1. The Morgan fingerprint density at radius 3 is 2.54 bits per heavy atom. The number of piperidine rings is 1. The second-order valence-corrected chi connectivity index (χ2v) is 10.2. The monoisotopic (exact) mass is 499 g/mol. The number of carbonyl (C=O) groups excluding carboxylic acids is 3. The zero-order chi connectivity index (χ0) is 24.2. The molecule has 0 spiro atoms. The summed E-state index contributed by atoms with van der Waals surface area (Å²) in [7, 11) is 0. The van der Waals surface area contributed by atoms with Crippen LogP contribution in [-0.2, 0) is 4.79 Å². The van der Waals surface area contributed by atoms with Crippen LogP contribution in [0.3, 0.4) is 0 Å². The summed E-state index contributed by atoms with van der Waals surface area (Å²) < 4.78 is 10.6. The highest BCUT2D eigenvalue weighted by Gasteiger charge is 2.32. The van der Waals surface area contributed by atoms with E-state index in [-0.39, 0.29) is 40.6 Å². The molecule has 3 heterocycles. The first-order chi connectivity index (χ1) is 17.1. The van der Waals surface area contributed by atoms with E-state index in [9.17, 15) is 14.4 Å². The standard InChI is InChI=1S/C24H29N5O5S/c30-20(25-16-7-3-1-2-4-8-16)15-6-5-11-29(13-15)24(32)23-28-27-22(35-23)21(31)26-17-9-10-18-19(12-17)34-14-33-18/h9-10,12,15-16H,1-8,11,13-14H2,(H,25,30)(H,26,31)/t15-/m1/s1. The maximum Gasteiger partial charge on any atom is 0.286 e. The van der Waals surface area contributed by atoms with Gasteiger partial charge in [0.15, 0.2) is 11.5 Å². The number of ether oxygens (including phenoxy) is 2. The lowest BCUT2D eigenvalue weighted by Crippen LogP contribution is -2.47. The number of likely N-dealkylation sites (tertiary alicyclic amines) is 1. The second kappa shape index (κ2) is 10.6. The Kier molecular flexibility index (Phi) is 7.12. The molecule has 11 heteroatoms. The molecular formula is C24H29N5O5S. The van der Waals surface area contributed by atoms with E-state index in [1.165, 1.54) is 12.8 Å². The van der Waals surface area contributed by atoms with Crippen molar-refractivity contribution in [2.75, 3.05) is 25.2 Å². The molecule has 35 heavy (non-hydrogen) atoms. The lowest BCUT2D eigenvalue weighted by Gasteiger charge is -2.32. The number of hydrogen-bond acceptors (Lipinski definition) is 8. The molecule has 2 N–H and O–H groups in total. The van der Waals surface area contributed by atoms with Gasteiger partial charge in [0.05, 0.1) is 5.92 Å². The molecule has 3 amide bonds. The van der Waals surface area contributed by atoms with Gasteiger partial charge in [-0.2, -0.15) is 0 Å². The average Bonchev–Trinajstić information content (AvgIpc) is 3.48. The lowest BCUT2D eigenvalue weighted by molar-refractivity contribution is -0.127. The summed E-state index contributed by atoms with van der Waals surface area (Å²) in [6.07, 6.45) is 8.36. The maximum atomic E-state index is 13.1. The Morgan fingerprint density at radius 1 is 0.943 bits per heavy atom. The minimum Gasteiger partial charge on any atom is -0.454 e. The van der Waals surface area contributed by atoms with E-state index in [0.717, 1.165) is 49.9 Å². The highest BCUT2D eigenvalue weighted by atomic mass is 32.1. The molecule has 1 aliphatic carbocycles. The summed E-state index contributed by atoms with van der Waals surface area (Å²) in [5.74, 6) is 0.234. The number of hydrogen-bond donors (Lipinski definition) is 2. The van der Waals surface area contributed by atoms with E-state index in [0.29, 0.717) is 30.3 Å². The van der Waals surface area contributed by atoms with Crippen LogP contribution in [0.1, 0.15) is 71.0 Å². The van der Waals surface area contributed by atoms with Crippen LogP contribution in [-0.4, -0.2) is 58.7 Å². The quantitative estimate of drug-likeness (QED) is 0.606. The number of amides is 3. The minimum absolute atomic E-state index is 0.0375. The van der Waals surface area contributed by atoms with Crippen molar-refractivity contribution in [1.29, 1.82) is 0 Å². The molecule has 2 aliphatic heterocycles. The number of nitrogens with one attached hydrogen (secondary N) is 2. The number of aromatic nitrogens is 2. The van der Waals surface area contributed by atoms with Crippen molar-refractivity contribution in [3.8, 4) is 11.5 Å². The number of fused-ring (bicyclic) bond motifs is 1. The van der Waals surface area contributed by atoms with Crippen LogP contribution in [0.2, 0.25) is 0 Å².